The lowest BCUT2D eigenvalue weighted by molar-refractivity contribution is -0.137. The van der Waals surface area contributed by atoms with E-state index in [1.54, 1.807) is 26.0 Å². The molecule has 0 radical (unpaired) electrons. The molecule has 10 heteroatoms. The van der Waals surface area contributed by atoms with Gasteiger partial charge in [0.25, 0.3) is 11.8 Å². The molecule has 0 aromatic heterocycles. The van der Waals surface area contributed by atoms with Gasteiger partial charge in [-0.3, -0.25) is 9.59 Å². The molecular formula is C28H23F3N2O4S. The van der Waals surface area contributed by atoms with Crippen molar-refractivity contribution < 1.29 is 32.3 Å². The normalized spacial score (nSPS) is 13.9. The van der Waals surface area contributed by atoms with E-state index in [0.717, 1.165) is 34.4 Å². The van der Waals surface area contributed by atoms with Crippen molar-refractivity contribution in [3.8, 4) is 0 Å². The molecule has 0 unspecified atom stereocenters. The van der Waals surface area contributed by atoms with Gasteiger partial charge in [-0.1, -0.05) is 35.5 Å². The maximum Gasteiger partial charge on any atom is 0.416 e. The number of thioether (sulfide) groups is 1. The number of imide groups is 1. The summed E-state index contributed by atoms with van der Waals surface area (Å²) < 4.78 is 44.9. The van der Waals surface area contributed by atoms with Gasteiger partial charge >= 0.3 is 12.1 Å². The molecule has 196 valence electrons. The maximum absolute atomic E-state index is 13.5. The van der Waals surface area contributed by atoms with Crippen molar-refractivity contribution in [2.45, 2.75) is 37.9 Å². The van der Waals surface area contributed by atoms with Crippen LogP contribution in [0.3, 0.4) is 0 Å². The van der Waals surface area contributed by atoms with E-state index in [0.29, 0.717) is 4.90 Å². The summed E-state index contributed by atoms with van der Waals surface area (Å²) in [4.78, 5) is 40.8. The SMILES string of the molecule is Cc1ccc(SC2=C(Nc3cccc(C(F)(F)F)c3)C(=O)N(c3ccc(C(=O)OC(C)C)cc3)C2=O)cc1. The first-order chi connectivity index (χ1) is 17.9. The predicted molar refractivity (Wildman–Crippen MR) is 139 cm³/mol. The van der Waals surface area contributed by atoms with Crippen LogP contribution >= 0.6 is 11.8 Å². The second-order valence-corrected chi connectivity index (χ2v) is 9.85. The summed E-state index contributed by atoms with van der Waals surface area (Å²) in [6.07, 6.45) is -4.90. The third kappa shape index (κ3) is 5.91. The molecule has 0 saturated carbocycles. The number of nitrogens with one attached hydrogen (secondary N) is 1. The van der Waals surface area contributed by atoms with Crippen LogP contribution in [0.1, 0.15) is 35.3 Å². The molecule has 0 atom stereocenters. The summed E-state index contributed by atoms with van der Waals surface area (Å²) in [6, 6.07) is 17.4. The number of carbonyl (C=O) groups excluding carboxylic acids is 3. The molecule has 0 fully saturated rings. The summed E-state index contributed by atoms with van der Waals surface area (Å²) >= 11 is 1.03. The number of benzene rings is 3. The minimum atomic E-state index is -4.58. The monoisotopic (exact) mass is 540 g/mol. The van der Waals surface area contributed by atoms with E-state index in [-0.39, 0.29) is 33.6 Å². The first-order valence-corrected chi connectivity index (χ1v) is 12.4. The van der Waals surface area contributed by atoms with Crippen LogP contribution in [0.25, 0.3) is 0 Å². The molecule has 1 aliphatic heterocycles. The van der Waals surface area contributed by atoms with Crippen LogP contribution in [-0.4, -0.2) is 23.9 Å². The molecule has 3 aromatic rings. The molecule has 0 saturated heterocycles. The Kier molecular flexibility index (Phi) is 7.63. The van der Waals surface area contributed by atoms with Gasteiger partial charge in [-0.2, -0.15) is 13.2 Å². The smallest absolute Gasteiger partial charge is 0.416 e. The number of ether oxygens (including phenoxy) is 1. The summed E-state index contributed by atoms with van der Waals surface area (Å²) in [5.41, 5.74) is 0.398. The zero-order valence-electron chi connectivity index (χ0n) is 20.6. The van der Waals surface area contributed by atoms with Gasteiger partial charge in [0, 0.05) is 10.6 Å². The number of carbonyl (C=O) groups is 3. The van der Waals surface area contributed by atoms with E-state index in [4.69, 9.17) is 4.74 Å². The summed E-state index contributed by atoms with van der Waals surface area (Å²) in [7, 11) is 0. The number of rotatable bonds is 7. The first-order valence-electron chi connectivity index (χ1n) is 11.6. The number of anilines is 2. The zero-order chi connectivity index (χ0) is 27.6. The maximum atomic E-state index is 13.5. The van der Waals surface area contributed by atoms with Gasteiger partial charge in [0.1, 0.15) is 10.6 Å². The molecular weight excluding hydrogens is 517 g/mol. The summed E-state index contributed by atoms with van der Waals surface area (Å²) in [5.74, 6) is -1.93. The Morgan fingerprint density at radius 2 is 1.61 bits per heavy atom. The van der Waals surface area contributed by atoms with Gasteiger partial charge in [0.2, 0.25) is 0 Å². The van der Waals surface area contributed by atoms with Gasteiger partial charge < -0.3 is 10.1 Å². The minimum absolute atomic E-state index is 0.00612. The highest BCUT2D eigenvalue weighted by Crippen LogP contribution is 2.39. The molecule has 1 aliphatic rings. The Hall–Kier alpha value is -4.05. The first kappa shape index (κ1) is 27.0. The van der Waals surface area contributed by atoms with Crippen molar-refractivity contribution in [2.75, 3.05) is 10.2 Å². The van der Waals surface area contributed by atoms with E-state index in [9.17, 15) is 27.6 Å². The molecule has 4 rings (SSSR count). The number of halogens is 3. The third-order valence-corrected chi connectivity index (χ3v) is 6.54. The molecule has 0 spiro atoms. The topological polar surface area (TPSA) is 75.7 Å². The number of hydrogen-bond acceptors (Lipinski definition) is 6. The Labute approximate surface area is 221 Å². The van der Waals surface area contributed by atoms with Crippen molar-refractivity contribution in [3.05, 3.63) is 100 Å². The molecule has 0 aliphatic carbocycles. The molecule has 6 nitrogen and oxygen atoms in total. The predicted octanol–water partition coefficient (Wildman–Crippen LogP) is 6.57. The molecule has 1 N–H and O–H groups in total. The van der Waals surface area contributed by atoms with Crippen LogP contribution in [-0.2, 0) is 20.5 Å². The van der Waals surface area contributed by atoms with E-state index in [1.165, 1.54) is 36.4 Å². The average Bonchev–Trinajstić information content (AvgIpc) is 3.08. The Morgan fingerprint density at radius 1 is 0.947 bits per heavy atom. The highest BCUT2D eigenvalue weighted by Gasteiger charge is 2.40. The Morgan fingerprint density at radius 3 is 2.21 bits per heavy atom. The second-order valence-electron chi connectivity index (χ2n) is 8.77. The highest BCUT2D eigenvalue weighted by atomic mass is 32.2. The number of esters is 1. The van der Waals surface area contributed by atoms with Crippen LogP contribution < -0.4 is 10.2 Å². The lowest BCUT2D eigenvalue weighted by Gasteiger charge is -2.16. The number of nitrogens with zero attached hydrogens (tertiary/aromatic N) is 1. The van der Waals surface area contributed by atoms with Gasteiger partial charge in [-0.25, -0.2) is 9.69 Å². The van der Waals surface area contributed by atoms with Gasteiger partial charge in [0.15, 0.2) is 0 Å². The number of hydrogen-bond donors (Lipinski definition) is 1. The van der Waals surface area contributed by atoms with Crippen molar-refractivity contribution >= 4 is 40.9 Å². The van der Waals surface area contributed by atoms with Crippen LogP contribution in [0.15, 0.2) is 88.3 Å². The summed E-state index contributed by atoms with van der Waals surface area (Å²) in [5, 5.41) is 2.74. The fraction of sp³-hybridized carbons (Fsp3) is 0.179. The molecule has 2 amide bonds. The standard InChI is InChI=1S/C28H23F3N2O4S/c1-16(2)37-27(36)18-9-11-21(12-10-18)33-25(34)23(32-20-6-4-5-19(15-20)28(29,30)31)24(26(33)35)38-22-13-7-17(3)8-14-22/h4-16,32H,1-3H3. The fourth-order valence-corrected chi connectivity index (χ4v) is 4.55. The van der Waals surface area contributed by atoms with Crippen LogP contribution in [0.4, 0.5) is 24.5 Å². The molecule has 3 aromatic carbocycles. The molecule has 0 bridgehead atoms. The fourth-order valence-electron chi connectivity index (χ4n) is 3.62. The lowest BCUT2D eigenvalue weighted by Crippen LogP contribution is -2.32. The number of aryl methyl sites for hydroxylation is 1. The molecule has 38 heavy (non-hydrogen) atoms. The van der Waals surface area contributed by atoms with E-state index in [2.05, 4.69) is 5.32 Å². The Bertz CT molecular complexity index is 1420. The quantitative estimate of drug-likeness (QED) is 0.270. The van der Waals surface area contributed by atoms with Crippen molar-refractivity contribution in [1.82, 2.24) is 0 Å². The van der Waals surface area contributed by atoms with Gasteiger partial charge in [0.05, 0.1) is 22.9 Å². The second kappa shape index (κ2) is 10.7. The van der Waals surface area contributed by atoms with Crippen LogP contribution in [0.5, 0.6) is 0 Å². The van der Waals surface area contributed by atoms with Gasteiger partial charge in [-0.05, 0) is 75.4 Å². The van der Waals surface area contributed by atoms with E-state index < -0.39 is 29.5 Å². The lowest BCUT2D eigenvalue weighted by atomic mass is 10.2. The zero-order valence-corrected chi connectivity index (χ0v) is 21.4. The van der Waals surface area contributed by atoms with Crippen molar-refractivity contribution in [2.24, 2.45) is 0 Å². The van der Waals surface area contributed by atoms with Crippen LogP contribution in [0, 0.1) is 6.92 Å². The van der Waals surface area contributed by atoms with Crippen molar-refractivity contribution in [1.29, 1.82) is 0 Å². The minimum Gasteiger partial charge on any atom is -0.459 e. The summed E-state index contributed by atoms with van der Waals surface area (Å²) in [6.45, 7) is 5.33. The van der Waals surface area contributed by atoms with E-state index in [1.807, 2.05) is 19.1 Å². The molecule has 1 heterocycles. The third-order valence-electron chi connectivity index (χ3n) is 5.45. The average molecular weight is 541 g/mol. The van der Waals surface area contributed by atoms with Crippen LogP contribution in [0.2, 0.25) is 0 Å². The number of amides is 2. The largest absolute Gasteiger partial charge is 0.459 e. The van der Waals surface area contributed by atoms with Gasteiger partial charge in [-0.15, -0.1) is 0 Å². The van der Waals surface area contributed by atoms with Crippen molar-refractivity contribution in [3.63, 3.8) is 0 Å². The highest BCUT2D eigenvalue weighted by molar-refractivity contribution is 8.04. The Balaban J connectivity index is 1.69. The number of alkyl halides is 3. The van der Waals surface area contributed by atoms with E-state index >= 15 is 0 Å².